The van der Waals surface area contributed by atoms with E-state index >= 15 is 0 Å². The fourth-order valence-corrected chi connectivity index (χ4v) is 9.38. The number of rotatable bonds is 11. The summed E-state index contributed by atoms with van der Waals surface area (Å²) in [5.74, 6) is -3.31. The molecule has 4 heterocycles. The third-order valence-corrected chi connectivity index (χ3v) is 12.6. The predicted octanol–water partition coefficient (Wildman–Crippen LogP) is 4.51. The molecule has 15 heteroatoms. The Morgan fingerprint density at radius 3 is 2.18 bits per heavy atom. The predicted molar refractivity (Wildman–Crippen MR) is 202 cm³/mol. The monoisotopic (exact) mass is 797 g/mol. The zero-order chi connectivity index (χ0) is 42.1. The van der Waals surface area contributed by atoms with Crippen molar-refractivity contribution < 1.29 is 66.5 Å². The summed E-state index contributed by atoms with van der Waals surface area (Å²) < 4.78 is 63.0. The number of hydrogen-bond donors (Lipinski definition) is 0. The van der Waals surface area contributed by atoms with Gasteiger partial charge in [-0.3, -0.25) is 19.2 Å². The van der Waals surface area contributed by atoms with Crippen LogP contribution in [0, 0.1) is 17.8 Å². The molecule has 4 rings (SSSR count). The van der Waals surface area contributed by atoms with Crippen LogP contribution in [-0.2, 0) is 66.5 Å². The number of nitrogens with zero attached hydrogens (tertiary/aromatic N) is 1. The first-order valence-corrected chi connectivity index (χ1v) is 19.9. The van der Waals surface area contributed by atoms with Crippen molar-refractivity contribution in [1.82, 2.24) is 4.90 Å². The minimum absolute atomic E-state index is 0.148. The summed E-state index contributed by atoms with van der Waals surface area (Å²) in [7, 11) is 6.78. The molecule has 2 bridgehead atoms. The lowest BCUT2D eigenvalue weighted by Gasteiger charge is -2.49. The number of likely N-dealkylation sites (N-methyl/N-ethyl adjacent to an activating group) is 1. The lowest BCUT2D eigenvalue weighted by atomic mass is 9.79. The fraction of sp³-hybridized carbons (Fsp3) is 0.854. The first-order valence-electron chi connectivity index (χ1n) is 19.9. The van der Waals surface area contributed by atoms with Crippen LogP contribution in [0.25, 0.3) is 0 Å². The SMILES string of the molecule is CCC1OC(=O)C(C)C(O[C@H]2C[C@@](C)(OC)[C@@H](OC=O)C(C)O2)C(C)[C@@H](OC2OC(C)CC(N(C)C)[C@H]2OC(C)=O)[C@]2(C)CC(C)=C(O2)[C@@H](C)C(=O)[C@]1(C)OC. The standard InChI is InChI=1S/C41H67NO14/c1-16-29-41(11,48-15)34(45)23(4)31-21(2)18-40(10,56-31)35(55-38-33(52-27(8)44)28(42(12)13)17-22(3)50-38)24(5)32(25(6)37(46)53-29)54-30-19-39(9,47-14)36(49-20-43)26(7)51-30/h20,22-26,28-30,32-33,35-36,38H,16-19H2,1-15H3/t22?,23-,24?,25?,26?,28?,29?,30+,32?,33-,35-,36+,38?,39-,40+,41-/m1/s1. The highest BCUT2D eigenvalue weighted by molar-refractivity contribution is 5.92. The number of esters is 2. The first-order chi connectivity index (χ1) is 26.1. The van der Waals surface area contributed by atoms with E-state index in [9.17, 15) is 19.2 Å². The Labute approximate surface area is 332 Å². The van der Waals surface area contributed by atoms with Gasteiger partial charge >= 0.3 is 11.9 Å². The van der Waals surface area contributed by atoms with E-state index in [4.69, 9.17) is 47.4 Å². The molecule has 0 aromatic heterocycles. The van der Waals surface area contributed by atoms with Gasteiger partial charge < -0.3 is 52.3 Å². The van der Waals surface area contributed by atoms with Crippen molar-refractivity contribution in [2.45, 2.75) is 180 Å². The maximum absolute atomic E-state index is 14.4. The van der Waals surface area contributed by atoms with Gasteiger partial charge in [0.15, 0.2) is 36.2 Å². The molecule has 0 aromatic rings. The van der Waals surface area contributed by atoms with Gasteiger partial charge in [-0.1, -0.05) is 13.8 Å². The molecule has 320 valence electrons. The smallest absolute Gasteiger partial charge is 0.311 e. The summed E-state index contributed by atoms with van der Waals surface area (Å²) >= 11 is 0. The van der Waals surface area contributed by atoms with Crippen LogP contribution in [0.1, 0.15) is 102 Å². The lowest BCUT2D eigenvalue weighted by Crippen LogP contribution is -2.61. The van der Waals surface area contributed by atoms with E-state index < -0.39 is 95.7 Å². The van der Waals surface area contributed by atoms with Crippen molar-refractivity contribution in [2.24, 2.45) is 17.8 Å². The second-order valence-corrected chi connectivity index (χ2v) is 17.1. The number of carbonyl (C=O) groups excluding carboxylic acids is 4. The normalized spacial score (nSPS) is 43.9. The molecule has 3 saturated heterocycles. The van der Waals surface area contributed by atoms with Crippen molar-refractivity contribution in [1.29, 1.82) is 0 Å². The summed E-state index contributed by atoms with van der Waals surface area (Å²) in [6, 6.07) is -0.243. The van der Waals surface area contributed by atoms with Gasteiger partial charge in [0.25, 0.3) is 6.47 Å². The molecule has 3 fully saturated rings. The van der Waals surface area contributed by atoms with Crippen molar-refractivity contribution in [2.75, 3.05) is 28.3 Å². The Balaban J connectivity index is 1.89. The number of ketones is 1. The maximum Gasteiger partial charge on any atom is 0.311 e. The first kappa shape index (κ1) is 46.0. The van der Waals surface area contributed by atoms with Crippen molar-refractivity contribution in [3.63, 3.8) is 0 Å². The number of cyclic esters (lactones) is 1. The summed E-state index contributed by atoms with van der Waals surface area (Å²) in [6.45, 7) is 19.9. The zero-order valence-electron chi connectivity index (χ0n) is 36.1. The Morgan fingerprint density at radius 2 is 1.62 bits per heavy atom. The molecule has 0 aliphatic carbocycles. The van der Waals surface area contributed by atoms with Crippen LogP contribution in [0.5, 0.6) is 0 Å². The second kappa shape index (κ2) is 18.1. The number of fused-ring (bicyclic) bond motifs is 2. The number of ether oxygens (including phenoxy) is 10. The molecule has 8 unspecified atom stereocenters. The van der Waals surface area contributed by atoms with Gasteiger partial charge in [-0.05, 0) is 87.9 Å². The molecule has 0 radical (unpaired) electrons. The van der Waals surface area contributed by atoms with Crippen LogP contribution in [0.3, 0.4) is 0 Å². The van der Waals surface area contributed by atoms with Crippen molar-refractivity contribution in [3.8, 4) is 0 Å². The topological polar surface area (TPSA) is 164 Å². The number of hydrogen-bond acceptors (Lipinski definition) is 15. The average Bonchev–Trinajstić information content (AvgIpc) is 3.45. The van der Waals surface area contributed by atoms with Gasteiger partial charge in [-0.15, -0.1) is 0 Å². The molecular formula is C41H67NO14. The fourth-order valence-electron chi connectivity index (χ4n) is 9.38. The van der Waals surface area contributed by atoms with E-state index in [0.29, 0.717) is 31.5 Å². The number of methoxy groups -OCH3 is 2. The minimum atomic E-state index is -1.51. The van der Waals surface area contributed by atoms with Crippen molar-refractivity contribution >= 4 is 24.2 Å². The van der Waals surface area contributed by atoms with Gasteiger partial charge in [-0.25, -0.2) is 0 Å². The van der Waals surface area contributed by atoms with Crippen LogP contribution >= 0.6 is 0 Å². The van der Waals surface area contributed by atoms with Crippen LogP contribution in [0.4, 0.5) is 0 Å². The Kier molecular flexibility index (Phi) is 14.9. The molecule has 4 aliphatic rings. The highest BCUT2D eigenvalue weighted by atomic mass is 16.7. The van der Waals surface area contributed by atoms with E-state index in [2.05, 4.69) is 0 Å². The van der Waals surface area contributed by atoms with Gasteiger partial charge in [0.2, 0.25) is 0 Å². The Hall–Kier alpha value is -2.66. The molecular weight excluding hydrogens is 730 g/mol. The van der Waals surface area contributed by atoms with Crippen LogP contribution < -0.4 is 0 Å². The molecule has 0 aromatic carbocycles. The molecule has 0 saturated carbocycles. The summed E-state index contributed by atoms with van der Waals surface area (Å²) in [5, 5.41) is 0. The van der Waals surface area contributed by atoms with Crippen LogP contribution in [0.15, 0.2) is 11.3 Å². The second-order valence-electron chi connectivity index (χ2n) is 17.1. The largest absolute Gasteiger partial charge is 0.488 e. The Morgan fingerprint density at radius 1 is 0.964 bits per heavy atom. The molecule has 16 atom stereocenters. The van der Waals surface area contributed by atoms with E-state index in [-0.39, 0.29) is 24.3 Å². The van der Waals surface area contributed by atoms with Gasteiger partial charge in [0.1, 0.15) is 29.2 Å². The molecule has 4 aliphatic heterocycles. The number of allylic oxidation sites excluding steroid dienone is 1. The molecule has 56 heavy (non-hydrogen) atoms. The van der Waals surface area contributed by atoms with E-state index in [1.165, 1.54) is 21.1 Å². The van der Waals surface area contributed by atoms with E-state index in [1.54, 1.807) is 27.7 Å². The van der Waals surface area contributed by atoms with Crippen LogP contribution in [0.2, 0.25) is 0 Å². The molecule has 0 amide bonds. The quantitative estimate of drug-likeness (QED) is 0.163. The highest BCUT2D eigenvalue weighted by Gasteiger charge is 2.57. The van der Waals surface area contributed by atoms with Gasteiger partial charge in [0.05, 0.1) is 36.2 Å². The number of Topliss-reactive ketones (excluding diaryl/α,β-unsaturated/α-hetero) is 1. The van der Waals surface area contributed by atoms with Crippen molar-refractivity contribution in [3.05, 3.63) is 11.3 Å². The third-order valence-electron chi connectivity index (χ3n) is 12.6. The van der Waals surface area contributed by atoms with Gasteiger partial charge in [-0.2, -0.15) is 0 Å². The molecule has 15 nitrogen and oxygen atoms in total. The molecule has 0 spiro atoms. The van der Waals surface area contributed by atoms with Gasteiger partial charge in [0, 0.05) is 39.9 Å². The molecule has 0 N–H and O–H groups in total. The van der Waals surface area contributed by atoms with E-state index in [0.717, 1.165) is 5.57 Å². The summed E-state index contributed by atoms with van der Waals surface area (Å²) in [6.07, 6.45) is -5.85. The summed E-state index contributed by atoms with van der Waals surface area (Å²) in [5.41, 5.74) is -2.79. The lowest BCUT2D eigenvalue weighted by molar-refractivity contribution is -0.317. The van der Waals surface area contributed by atoms with Crippen LogP contribution in [-0.4, -0.2) is 136 Å². The highest BCUT2D eigenvalue weighted by Crippen LogP contribution is 2.47. The maximum atomic E-state index is 14.4. The average molecular weight is 798 g/mol. The minimum Gasteiger partial charge on any atom is -0.488 e. The summed E-state index contributed by atoms with van der Waals surface area (Å²) in [4.78, 5) is 54.9. The third kappa shape index (κ3) is 9.14. The number of carbonyl (C=O) groups is 4. The Bertz CT molecular complexity index is 1450. The zero-order valence-corrected chi connectivity index (χ0v) is 36.1. The van der Waals surface area contributed by atoms with E-state index in [1.807, 2.05) is 60.5 Å².